The maximum absolute atomic E-state index is 13.4. The molecule has 0 radical (unpaired) electrons. The van der Waals surface area contributed by atoms with Crippen LogP contribution in [0.5, 0.6) is 0 Å². The summed E-state index contributed by atoms with van der Waals surface area (Å²) in [6, 6.07) is 15.1. The monoisotopic (exact) mass is 481 g/mol. The van der Waals surface area contributed by atoms with Gasteiger partial charge >= 0.3 is 0 Å². The lowest BCUT2D eigenvalue weighted by Crippen LogP contribution is -2.52. The number of para-hydroxylation sites is 2. The van der Waals surface area contributed by atoms with E-state index < -0.39 is 17.5 Å². The zero-order chi connectivity index (χ0) is 24.5. The quantitative estimate of drug-likeness (QED) is 0.259. The number of aromatic nitrogens is 2. The summed E-state index contributed by atoms with van der Waals surface area (Å²) in [5, 5.41) is 10.1. The predicted molar refractivity (Wildman–Crippen MR) is 132 cm³/mol. The molecule has 2 amide bonds. The highest BCUT2D eigenvalue weighted by Gasteiger charge is 2.48. The van der Waals surface area contributed by atoms with E-state index in [0.29, 0.717) is 25.9 Å². The molecule has 2 heterocycles. The van der Waals surface area contributed by atoms with Crippen LogP contribution >= 0.6 is 11.8 Å². The molecule has 1 aromatic heterocycles. The van der Waals surface area contributed by atoms with Gasteiger partial charge in [0.2, 0.25) is 5.91 Å². The van der Waals surface area contributed by atoms with Gasteiger partial charge in [-0.1, -0.05) is 62.0 Å². The molecule has 0 spiro atoms. The number of hydrogen-bond donors (Lipinski definition) is 3. The second kappa shape index (κ2) is 9.77. The topological polar surface area (TPSA) is 113 Å². The first-order chi connectivity index (χ1) is 16.3. The molecule has 4 N–H and O–H groups in total. The standard InChI is InChI=1S/C25H31N5O3S/c1-16(2)14-21(22(31)28-33)29-13-12-25(26,23(29)32)18-10-8-17(9-11-18)15-30-20-7-5-4-6-19(20)27-24(30)34-3/h4-11,16,21,33H,12-15,26H2,1-3H3,(H,28,31)/t21-,25-/m1/s1. The molecule has 34 heavy (non-hydrogen) atoms. The summed E-state index contributed by atoms with van der Waals surface area (Å²) in [5.74, 6) is -0.703. The number of likely N-dealkylation sites (tertiary alicyclic amines) is 1. The zero-order valence-electron chi connectivity index (χ0n) is 19.7. The fraction of sp³-hybridized carbons (Fsp3) is 0.400. The van der Waals surface area contributed by atoms with E-state index in [0.717, 1.165) is 27.3 Å². The van der Waals surface area contributed by atoms with E-state index in [1.807, 2.05) is 62.6 Å². The normalized spacial score (nSPS) is 19.2. The van der Waals surface area contributed by atoms with Crippen molar-refractivity contribution in [2.45, 2.75) is 50.0 Å². The largest absolute Gasteiger partial charge is 0.329 e. The summed E-state index contributed by atoms with van der Waals surface area (Å²) < 4.78 is 2.18. The first kappa shape index (κ1) is 24.3. The number of rotatable bonds is 8. The zero-order valence-corrected chi connectivity index (χ0v) is 20.5. The summed E-state index contributed by atoms with van der Waals surface area (Å²) in [6.07, 6.45) is 2.87. The molecule has 1 aliphatic rings. The van der Waals surface area contributed by atoms with Crippen molar-refractivity contribution in [1.82, 2.24) is 19.9 Å². The van der Waals surface area contributed by atoms with Crippen molar-refractivity contribution in [3.05, 3.63) is 59.7 Å². The highest BCUT2D eigenvalue weighted by atomic mass is 32.2. The van der Waals surface area contributed by atoms with Crippen LogP contribution in [0.15, 0.2) is 53.7 Å². The van der Waals surface area contributed by atoms with E-state index in [4.69, 9.17) is 10.7 Å². The van der Waals surface area contributed by atoms with Gasteiger partial charge in [-0.25, -0.2) is 10.5 Å². The smallest absolute Gasteiger partial charge is 0.266 e. The number of nitrogens with two attached hydrogens (primary N) is 1. The van der Waals surface area contributed by atoms with Crippen LogP contribution in [0.2, 0.25) is 0 Å². The van der Waals surface area contributed by atoms with Gasteiger partial charge in [-0.05, 0) is 48.3 Å². The Kier molecular flexibility index (Phi) is 6.97. The Morgan fingerprint density at radius 1 is 1.24 bits per heavy atom. The highest BCUT2D eigenvalue weighted by Crippen LogP contribution is 2.34. The third-order valence-corrected chi connectivity index (χ3v) is 7.16. The van der Waals surface area contributed by atoms with Crippen LogP contribution in [0.25, 0.3) is 11.0 Å². The number of nitrogens with one attached hydrogen (secondary N) is 1. The Balaban J connectivity index is 1.56. The summed E-state index contributed by atoms with van der Waals surface area (Å²) in [4.78, 5) is 31.8. The van der Waals surface area contributed by atoms with Crippen LogP contribution in [-0.4, -0.2) is 50.3 Å². The van der Waals surface area contributed by atoms with Gasteiger partial charge in [0.25, 0.3) is 5.91 Å². The fourth-order valence-electron chi connectivity index (χ4n) is 4.68. The van der Waals surface area contributed by atoms with Gasteiger partial charge in [-0.3, -0.25) is 14.8 Å². The van der Waals surface area contributed by atoms with Crippen molar-refractivity contribution in [1.29, 1.82) is 0 Å². The molecule has 1 aliphatic heterocycles. The van der Waals surface area contributed by atoms with Crippen molar-refractivity contribution in [3.8, 4) is 0 Å². The van der Waals surface area contributed by atoms with Crippen LogP contribution in [0.3, 0.4) is 0 Å². The number of imidazole rings is 1. The van der Waals surface area contributed by atoms with Crippen LogP contribution in [0, 0.1) is 5.92 Å². The number of hydrogen-bond acceptors (Lipinski definition) is 6. The van der Waals surface area contributed by atoms with Crippen molar-refractivity contribution in [2.24, 2.45) is 11.7 Å². The molecule has 2 aromatic carbocycles. The lowest BCUT2D eigenvalue weighted by Gasteiger charge is -2.30. The van der Waals surface area contributed by atoms with Gasteiger partial charge in [0.05, 0.1) is 17.6 Å². The van der Waals surface area contributed by atoms with Crippen molar-refractivity contribution in [2.75, 3.05) is 12.8 Å². The van der Waals surface area contributed by atoms with Crippen molar-refractivity contribution >= 4 is 34.6 Å². The number of carbonyl (C=O) groups is 2. The molecule has 0 saturated carbocycles. The number of carbonyl (C=O) groups excluding carboxylic acids is 2. The number of nitrogens with zero attached hydrogens (tertiary/aromatic N) is 3. The van der Waals surface area contributed by atoms with Gasteiger partial charge in [0, 0.05) is 6.54 Å². The molecule has 8 nitrogen and oxygen atoms in total. The molecule has 180 valence electrons. The van der Waals surface area contributed by atoms with E-state index in [-0.39, 0.29) is 11.8 Å². The molecule has 9 heteroatoms. The SMILES string of the molecule is CSc1nc2ccccc2n1Cc1ccc([C@]2(N)CCN([C@H](CC(C)C)C(=O)NO)C2=O)cc1. The second-order valence-corrected chi connectivity index (χ2v) is 9.98. The molecular formula is C25H31N5O3S. The Bertz CT molecular complexity index is 1190. The van der Waals surface area contributed by atoms with E-state index >= 15 is 0 Å². The van der Waals surface area contributed by atoms with E-state index in [1.165, 1.54) is 4.90 Å². The lowest BCUT2D eigenvalue weighted by atomic mass is 9.88. The minimum atomic E-state index is -1.20. The Labute approximate surface area is 203 Å². The summed E-state index contributed by atoms with van der Waals surface area (Å²) in [7, 11) is 0. The molecule has 4 rings (SSSR count). The highest BCUT2D eigenvalue weighted by molar-refractivity contribution is 7.98. The second-order valence-electron chi connectivity index (χ2n) is 9.21. The maximum atomic E-state index is 13.4. The molecule has 3 aromatic rings. The third kappa shape index (κ3) is 4.43. The Morgan fingerprint density at radius 3 is 2.59 bits per heavy atom. The van der Waals surface area contributed by atoms with Gasteiger partial charge in [0.1, 0.15) is 11.6 Å². The number of amides is 2. The molecule has 0 aliphatic carbocycles. The van der Waals surface area contributed by atoms with Gasteiger partial charge in [-0.2, -0.15) is 0 Å². The summed E-state index contributed by atoms with van der Waals surface area (Å²) in [6.45, 7) is 4.96. The molecular weight excluding hydrogens is 450 g/mol. The molecule has 1 saturated heterocycles. The first-order valence-electron chi connectivity index (χ1n) is 11.4. The number of hydroxylamine groups is 1. The molecule has 0 bridgehead atoms. The van der Waals surface area contributed by atoms with Gasteiger partial charge in [-0.15, -0.1) is 0 Å². The van der Waals surface area contributed by atoms with E-state index in [9.17, 15) is 14.8 Å². The molecule has 1 fully saturated rings. The van der Waals surface area contributed by atoms with Crippen LogP contribution in [-0.2, 0) is 21.7 Å². The van der Waals surface area contributed by atoms with Crippen LogP contribution < -0.4 is 11.2 Å². The van der Waals surface area contributed by atoms with Gasteiger partial charge < -0.3 is 15.2 Å². The fourth-order valence-corrected chi connectivity index (χ4v) is 5.25. The number of benzene rings is 2. The minimum Gasteiger partial charge on any atom is -0.329 e. The summed E-state index contributed by atoms with van der Waals surface area (Å²) >= 11 is 1.61. The Morgan fingerprint density at radius 2 is 1.94 bits per heavy atom. The van der Waals surface area contributed by atoms with E-state index in [2.05, 4.69) is 10.6 Å². The van der Waals surface area contributed by atoms with Crippen LogP contribution in [0.4, 0.5) is 0 Å². The average Bonchev–Trinajstić information content (AvgIpc) is 3.35. The van der Waals surface area contributed by atoms with E-state index in [1.54, 1.807) is 17.2 Å². The number of fused-ring (bicyclic) bond motifs is 1. The van der Waals surface area contributed by atoms with Crippen LogP contribution in [0.1, 0.15) is 37.8 Å². The maximum Gasteiger partial charge on any atom is 0.266 e. The molecule has 2 atom stereocenters. The lowest BCUT2D eigenvalue weighted by molar-refractivity contribution is -0.144. The predicted octanol–water partition coefficient (Wildman–Crippen LogP) is 3.11. The summed E-state index contributed by atoms with van der Waals surface area (Å²) in [5.41, 5.74) is 11.0. The van der Waals surface area contributed by atoms with Crippen molar-refractivity contribution in [3.63, 3.8) is 0 Å². The first-order valence-corrected chi connectivity index (χ1v) is 12.6. The van der Waals surface area contributed by atoms with Crippen molar-refractivity contribution < 1.29 is 14.8 Å². The Hall–Kier alpha value is -2.88. The number of thioether (sulfide) groups is 1. The van der Waals surface area contributed by atoms with Gasteiger partial charge in [0.15, 0.2) is 5.16 Å². The molecule has 0 unspecified atom stereocenters. The third-order valence-electron chi connectivity index (χ3n) is 6.49. The average molecular weight is 482 g/mol. The minimum absolute atomic E-state index is 0.174.